The van der Waals surface area contributed by atoms with E-state index in [2.05, 4.69) is 9.97 Å². The molecule has 1 aliphatic carbocycles. The maximum absolute atomic E-state index is 13.2. The normalized spacial score (nSPS) is 18.4. The van der Waals surface area contributed by atoms with Gasteiger partial charge in [0.15, 0.2) is 5.65 Å². The van der Waals surface area contributed by atoms with Crippen molar-refractivity contribution in [3.63, 3.8) is 0 Å². The van der Waals surface area contributed by atoms with E-state index in [0.717, 1.165) is 19.3 Å². The van der Waals surface area contributed by atoms with Gasteiger partial charge in [0.2, 0.25) is 10.0 Å². The van der Waals surface area contributed by atoms with Crippen molar-refractivity contribution >= 4 is 21.1 Å². The zero-order valence-corrected chi connectivity index (χ0v) is 17.5. The molecule has 3 aromatic rings. The number of benzene rings is 1. The average Bonchev–Trinajstić information content (AvgIpc) is 2.79. The van der Waals surface area contributed by atoms with Crippen molar-refractivity contribution in [2.45, 2.75) is 49.5 Å². The number of sulfonamides is 1. The van der Waals surface area contributed by atoms with E-state index in [-0.39, 0.29) is 11.6 Å². The van der Waals surface area contributed by atoms with Gasteiger partial charge in [-0.3, -0.25) is 9.36 Å². The van der Waals surface area contributed by atoms with Crippen LogP contribution in [0.15, 0.2) is 52.5 Å². The van der Waals surface area contributed by atoms with Gasteiger partial charge in [-0.25, -0.2) is 18.4 Å². The number of nitrogens with zero attached hydrogens (tertiary/aromatic N) is 4. The standard InChI is InChI=1S/C22H24N4O3S/c27-22-20-6-3-11-23-21(20)24-15-26(22)18-9-12-25(13-10-18)30(28,29)19-8-7-16-4-1-2-5-17(16)14-19/h3,6-8,11,14-15,18H,1-2,4-5,9-10,12-13H2. The minimum absolute atomic E-state index is 0.0652. The Balaban J connectivity index is 1.36. The van der Waals surface area contributed by atoms with E-state index in [1.165, 1.54) is 23.9 Å². The van der Waals surface area contributed by atoms with Gasteiger partial charge in [-0.2, -0.15) is 4.31 Å². The van der Waals surface area contributed by atoms with Crippen molar-refractivity contribution in [1.82, 2.24) is 18.8 Å². The van der Waals surface area contributed by atoms with Crippen molar-refractivity contribution < 1.29 is 8.42 Å². The Morgan fingerprint density at radius 1 is 0.967 bits per heavy atom. The third kappa shape index (κ3) is 3.33. The lowest BCUT2D eigenvalue weighted by molar-refractivity contribution is 0.269. The van der Waals surface area contributed by atoms with Crippen molar-refractivity contribution in [1.29, 1.82) is 0 Å². The third-order valence-electron chi connectivity index (χ3n) is 6.33. The largest absolute Gasteiger partial charge is 0.295 e. The molecule has 0 amide bonds. The van der Waals surface area contributed by atoms with Crippen LogP contribution in [0.3, 0.4) is 0 Å². The first-order valence-corrected chi connectivity index (χ1v) is 11.9. The summed E-state index contributed by atoms with van der Waals surface area (Å²) in [6.07, 6.45) is 8.59. The number of hydrogen-bond acceptors (Lipinski definition) is 5. The minimum atomic E-state index is -3.53. The van der Waals surface area contributed by atoms with Gasteiger partial charge >= 0.3 is 0 Å². The molecule has 1 aliphatic heterocycles. The Morgan fingerprint density at radius 2 is 1.73 bits per heavy atom. The predicted octanol–water partition coefficient (Wildman–Crippen LogP) is 2.70. The molecule has 0 radical (unpaired) electrons. The number of pyridine rings is 1. The number of aromatic nitrogens is 3. The molecule has 30 heavy (non-hydrogen) atoms. The van der Waals surface area contributed by atoms with Crippen molar-refractivity contribution in [3.05, 3.63) is 64.3 Å². The lowest BCUT2D eigenvalue weighted by Crippen LogP contribution is -2.40. The molecule has 0 atom stereocenters. The molecule has 5 rings (SSSR count). The first kappa shape index (κ1) is 19.4. The Labute approximate surface area is 175 Å². The van der Waals surface area contributed by atoms with Crippen LogP contribution in [0.25, 0.3) is 11.0 Å². The molecule has 0 N–H and O–H groups in total. The molecule has 156 valence electrons. The Kier molecular flexibility index (Phi) is 4.91. The van der Waals surface area contributed by atoms with Crippen LogP contribution in [0.5, 0.6) is 0 Å². The highest BCUT2D eigenvalue weighted by atomic mass is 32.2. The van der Waals surface area contributed by atoms with Crippen LogP contribution in [0.2, 0.25) is 0 Å². The number of fused-ring (bicyclic) bond motifs is 2. The Morgan fingerprint density at radius 3 is 2.53 bits per heavy atom. The van der Waals surface area contributed by atoms with Gasteiger partial charge in [0.05, 0.1) is 10.3 Å². The molecule has 7 nitrogen and oxygen atoms in total. The molecule has 1 saturated heterocycles. The molecular formula is C22H24N4O3S. The smallest absolute Gasteiger partial charge is 0.263 e. The SMILES string of the molecule is O=c1c2cccnc2ncn1C1CCN(S(=O)(=O)c2ccc3c(c2)CCCC3)CC1. The summed E-state index contributed by atoms with van der Waals surface area (Å²) >= 11 is 0. The maximum Gasteiger partial charge on any atom is 0.263 e. The maximum atomic E-state index is 13.2. The molecule has 2 aliphatic rings. The monoisotopic (exact) mass is 424 g/mol. The van der Waals surface area contributed by atoms with E-state index in [1.807, 2.05) is 12.1 Å². The highest BCUT2D eigenvalue weighted by Crippen LogP contribution is 2.29. The van der Waals surface area contributed by atoms with Gasteiger partial charge in [0.25, 0.3) is 5.56 Å². The van der Waals surface area contributed by atoms with Gasteiger partial charge in [0.1, 0.15) is 6.33 Å². The molecule has 3 heterocycles. The Bertz CT molecular complexity index is 1260. The summed E-state index contributed by atoms with van der Waals surface area (Å²) in [5.74, 6) is 0. The predicted molar refractivity (Wildman–Crippen MR) is 114 cm³/mol. The second-order valence-corrected chi connectivity index (χ2v) is 10.0. The molecule has 8 heteroatoms. The highest BCUT2D eigenvalue weighted by molar-refractivity contribution is 7.89. The molecular weight excluding hydrogens is 400 g/mol. The zero-order chi connectivity index (χ0) is 20.7. The average molecular weight is 425 g/mol. The highest BCUT2D eigenvalue weighted by Gasteiger charge is 2.31. The summed E-state index contributed by atoms with van der Waals surface area (Å²) in [6.45, 7) is 0.781. The number of aryl methyl sites for hydroxylation is 2. The first-order valence-electron chi connectivity index (χ1n) is 10.5. The Hall–Kier alpha value is -2.58. The molecule has 0 bridgehead atoms. The van der Waals surface area contributed by atoms with Crippen LogP contribution >= 0.6 is 0 Å². The van der Waals surface area contributed by atoms with E-state index in [0.29, 0.717) is 41.9 Å². The summed E-state index contributed by atoms with van der Waals surface area (Å²) in [5.41, 5.74) is 2.76. The molecule has 1 fully saturated rings. The van der Waals surface area contributed by atoms with Crippen LogP contribution < -0.4 is 5.56 Å². The second kappa shape index (κ2) is 7.59. The van der Waals surface area contributed by atoms with Crippen LogP contribution in [0, 0.1) is 0 Å². The summed E-state index contributed by atoms with van der Waals surface area (Å²) in [4.78, 5) is 21.6. The summed E-state index contributed by atoms with van der Waals surface area (Å²) in [7, 11) is -3.53. The fourth-order valence-corrected chi connectivity index (χ4v) is 6.14. The van der Waals surface area contributed by atoms with Gasteiger partial charge in [-0.1, -0.05) is 6.07 Å². The van der Waals surface area contributed by atoms with Crippen LogP contribution in [-0.2, 0) is 22.9 Å². The molecule has 0 unspecified atom stereocenters. The molecule has 0 saturated carbocycles. The van der Waals surface area contributed by atoms with Gasteiger partial charge in [0, 0.05) is 25.3 Å². The quantitative estimate of drug-likeness (QED) is 0.645. The van der Waals surface area contributed by atoms with Crippen molar-refractivity contribution in [3.8, 4) is 0 Å². The minimum Gasteiger partial charge on any atom is -0.295 e. The van der Waals surface area contributed by atoms with Gasteiger partial charge < -0.3 is 0 Å². The number of hydrogen-bond donors (Lipinski definition) is 0. The first-order chi connectivity index (χ1) is 14.5. The zero-order valence-electron chi connectivity index (χ0n) is 16.7. The number of piperidine rings is 1. The van der Waals surface area contributed by atoms with Crippen molar-refractivity contribution in [2.24, 2.45) is 0 Å². The summed E-state index contributed by atoms with van der Waals surface area (Å²) in [6, 6.07) is 8.97. The van der Waals surface area contributed by atoms with Crippen LogP contribution in [-0.4, -0.2) is 40.3 Å². The molecule has 0 spiro atoms. The summed E-state index contributed by atoms with van der Waals surface area (Å²) < 4.78 is 29.6. The van der Waals surface area contributed by atoms with E-state index in [9.17, 15) is 13.2 Å². The van der Waals surface area contributed by atoms with Gasteiger partial charge in [-0.15, -0.1) is 0 Å². The lowest BCUT2D eigenvalue weighted by atomic mass is 9.92. The number of rotatable bonds is 3. The van der Waals surface area contributed by atoms with Crippen molar-refractivity contribution in [2.75, 3.05) is 13.1 Å². The summed E-state index contributed by atoms with van der Waals surface area (Å²) in [5, 5.41) is 0.490. The van der Waals surface area contributed by atoms with Gasteiger partial charge in [-0.05, 0) is 73.9 Å². The van der Waals surface area contributed by atoms with Crippen LogP contribution in [0.4, 0.5) is 0 Å². The molecule has 1 aromatic carbocycles. The third-order valence-corrected chi connectivity index (χ3v) is 8.23. The fraction of sp³-hybridized carbons (Fsp3) is 0.409. The topological polar surface area (TPSA) is 85.2 Å². The second-order valence-electron chi connectivity index (χ2n) is 8.10. The van der Waals surface area contributed by atoms with Crippen LogP contribution in [0.1, 0.15) is 42.9 Å². The van der Waals surface area contributed by atoms with E-state index < -0.39 is 10.0 Å². The fourth-order valence-electron chi connectivity index (χ4n) is 4.62. The van der Waals surface area contributed by atoms with E-state index in [1.54, 1.807) is 33.3 Å². The van der Waals surface area contributed by atoms with E-state index >= 15 is 0 Å². The lowest BCUT2D eigenvalue weighted by Gasteiger charge is -2.32. The molecule has 2 aromatic heterocycles. The van der Waals surface area contributed by atoms with E-state index in [4.69, 9.17) is 0 Å².